The molecule has 1 saturated heterocycles. The molecule has 1 unspecified atom stereocenters. The Kier molecular flexibility index (Phi) is 3.95. The SMILES string of the molecule is CCC1COC2(CCC(C)(F)CC2)N1C.F. The largest absolute Gasteiger partial charge is 0.359 e. The van der Waals surface area contributed by atoms with Gasteiger partial charge in [0.2, 0.25) is 0 Å². The van der Waals surface area contributed by atoms with Crippen molar-refractivity contribution in [1.82, 2.24) is 4.90 Å². The standard InChI is InChI=1S/C12H22FNO.FH/c1-4-10-9-15-12(14(10)3)7-5-11(2,13)6-8-12;/h10H,4-9H2,1-3H3;1H. The Morgan fingerprint density at radius 1 is 1.31 bits per heavy atom. The van der Waals surface area contributed by atoms with Crippen molar-refractivity contribution in [1.29, 1.82) is 0 Å². The zero-order valence-electron chi connectivity index (χ0n) is 10.5. The zero-order chi connectivity index (χ0) is 11.1. The fourth-order valence-electron chi connectivity index (χ4n) is 2.85. The summed E-state index contributed by atoms with van der Waals surface area (Å²) >= 11 is 0. The normalized spacial score (nSPS) is 44.6. The average Bonchev–Trinajstić information content (AvgIpc) is 2.50. The van der Waals surface area contributed by atoms with Crippen LogP contribution in [0.1, 0.15) is 46.0 Å². The maximum atomic E-state index is 13.7. The summed E-state index contributed by atoms with van der Waals surface area (Å²) in [6.07, 6.45) is 4.06. The summed E-state index contributed by atoms with van der Waals surface area (Å²) in [5.41, 5.74) is -1.12. The second kappa shape index (κ2) is 4.57. The van der Waals surface area contributed by atoms with E-state index in [1.165, 1.54) is 0 Å². The van der Waals surface area contributed by atoms with Crippen LogP contribution in [0.2, 0.25) is 0 Å². The van der Waals surface area contributed by atoms with Crippen molar-refractivity contribution in [2.24, 2.45) is 0 Å². The van der Waals surface area contributed by atoms with Gasteiger partial charge in [0.1, 0.15) is 11.4 Å². The summed E-state index contributed by atoms with van der Waals surface area (Å²) in [6.45, 7) is 4.72. The smallest absolute Gasteiger partial charge is 0.122 e. The molecule has 2 fully saturated rings. The van der Waals surface area contributed by atoms with E-state index in [0.29, 0.717) is 18.9 Å². The first kappa shape index (κ1) is 13.8. The summed E-state index contributed by atoms with van der Waals surface area (Å²) in [4.78, 5) is 2.34. The second-order valence-corrected chi connectivity index (χ2v) is 5.34. The van der Waals surface area contributed by atoms with E-state index in [4.69, 9.17) is 4.74 Å². The fourth-order valence-corrected chi connectivity index (χ4v) is 2.85. The van der Waals surface area contributed by atoms with E-state index in [0.717, 1.165) is 25.9 Å². The lowest BCUT2D eigenvalue weighted by atomic mass is 9.82. The number of likely N-dealkylation sites (N-methyl/N-ethyl adjacent to an activating group) is 1. The van der Waals surface area contributed by atoms with E-state index in [9.17, 15) is 4.39 Å². The molecule has 0 aromatic rings. The van der Waals surface area contributed by atoms with Crippen LogP contribution in [0.5, 0.6) is 0 Å². The molecule has 0 radical (unpaired) electrons. The second-order valence-electron chi connectivity index (χ2n) is 5.34. The van der Waals surface area contributed by atoms with Crippen LogP contribution in [0.15, 0.2) is 0 Å². The third-order valence-electron chi connectivity index (χ3n) is 4.28. The van der Waals surface area contributed by atoms with Gasteiger partial charge in [-0.2, -0.15) is 0 Å². The molecule has 0 aromatic carbocycles. The van der Waals surface area contributed by atoms with Gasteiger partial charge in [-0.15, -0.1) is 0 Å². The Morgan fingerprint density at radius 2 is 1.88 bits per heavy atom. The molecular formula is C12H23F2NO. The lowest BCUT2D eigenvalue weighted by molar-refractivity contribution is -0.123. The van der Waals surface area contributed by atoms with Gasteiger partial charge >= 0.3 is 0 Å². The van der Waals surface area contributed by atoms with Gasteiger partial charge in [-0.25, -0.2) is 4.39 Å². The monoisotopic (exact) mass is 235 g/mol. The van der Waals surface area contributed by atoms with E-state index in [2.05, 4.69) is 18.9 Å². The van der Waals surface area contributed by atoms with Crippen LogP contribution < -0.4 is 0 Å². The molecule has 1 heterocycles. The molecule has 2 nitrogen and oxygen atoms in total. The lowest BCUT2D eigenvalue weighted by Gasteiger charge is -2.43. The van der Waals surface area contributed by atoms with Crippen molar-refractivity contribution < 1.29 is 13.8 Å². The highest BCUT2D eigenvalue weighted by Gasteiger charge is 2.49. The number of hydrogen-bond acceptors (Lipinski definition) is 2. The molecule has 1 aliphatic carbocycles. The van der Waals surface area contributed by atoms with Crippen LogP contribution in [0.3, 0.4) is 0 Å². The maximum Gasteiger partial charge on any atom is 0.122 e. The molecule has 2 rings (SSSR count). The first-order valence-corrected chi connectivity index (χ1v) is 6.05. The first-order chi connectivity index (χ1) is 6.99. The molecule has 0 amide bonds. The minimum absolute atomic E-state index is 0. The van der Waals surface area contributed by atoms with Gasteiger partial charge in [-0.3, -0.25) is 9.60 Å². The molecule has 1 saturated carbocycles. The van der Waals surface area contributed by atoms with Crippen LogP contribution >= 0.6 is 0 Å². The van der Waals surface area contributed by atoms with E-state index < -0.39 is 5.67 Å². The quantitative estimate of drug-likeness (QED) is 0.693. The van der Waals surface area contributed by atoms with Crippen molar-refractivity contribution in [2.45, 2.75) is 63.4 Å². The molecule has 96 valence electrons. The molecule has 2 aliphatic rings. The summed E-state index contributed by atoms with van der Waals surface area (Å²) in [6, 6.07) is 0.522. The Labute approximate surface area is 96.5 Å². The minimum Gasteiger partial charge on any atom is -0.359 e. The van der Waals surface area contributed by atoms with Crippen molar-refractivity contribution in [3.63, 3.8) is 0 Å². The van der Waals surface area contributed by atoms with Gasteiger partial charge in [0.25, 0.3) is 0 Å². The van der Waals surface area contributed by atoms with E-state index >= 15 is 0 Å². The first-order valence-electron chi connectivity index (χ1n) is 6.05. The van der Waals surface area contributed by atoms with Gasteiger partial charge in [-0.05, 0) is 46.1 Å². The van der Waals surface area contributed by atoms with E-state index in [1.807, 2.05) is 0 Å². The average molecular weight is 235 g/mol. The van der Waals surface area contributed by atoms with E-state index in [1.54, 1.807) is 6.92 Å². The highest BCUT2D eigenvalue weighted by Crippen LogP contribution is 2.44. The zero-order valence-corrected chi connectivity index (χ0v) is 10.5. The lowest BCUT2D eigenvalue weighted by Crippen LogP contribution is -2.50. The van der Waals surface area contributed by atoms with Gasteiger partial charge < -0.3 is 4.74 Å². The molecule has 16 heavy (non-hydrogen) atoms. The number of halogens is 2. The van der Waals surface area contributed by atoms with Crippen molar-refractivity contribution in [2.75, 3.05) is 13.7 Å². The van der Waals surface area contributed by atoms with Gasteiger partial charge in [-0.1, -0.05) is 6.92 Å². The Bertz CT molecular complexity index is 235. The van der Waals surface area contributed by atoms with Crippen LogP contribution in [-0.2, 0) is 4.74 Å². The van der Waals surface area contributed by atoms with Crippen molar-refractivity contribution in [3.8, 4) is 0 Å². The summed E-state index contributed by atoms with van der Waals surface area (Å²) in [5.74, 6) is 0. The molecule has 1 spiro atoms. The molecule has 0 bridgehead atoms. The van der Waals surface area contributed by atoms with Gasteiger partial charge in [0, 0.05) is 6.04 Å². The number of ether oxygens (including phenoxy) is 1. The molecule has 4 heteroatoms. The Balaban J connectivity index is 0.00000128. The molecule has 1 atom stereocenters. The van der Waals surface area contributed by atoms with Crippen LogP contribution in [0.4, 0.5) is 9.09 Å². The number of alkyl halides is 1. The van der Waals surface area contributed by atoms with E-state index in [-0.39, 0.29) is 10.4 Å². The number of hydrogen-bond donors (Lipinski definition) is 0. The summed E-state index contributed by atoms with van der Waals surface area (Å²) < 4.78 is 19.7. The molecule has 0 N–H and O–H groups in total. The summed E-state index contributed by atoms with van der Waals surface area (Å²) in [7, 11) is 2.13. The Morgan fingerprint density at radius 3 is 2.31 bits per heavy atom. The third kappa shape index (κ3) is 2.23. The number of rotatable bonds is 1. The van der Waals surface area contributed by atoms with Crippen molar-refractivity contribution >= 4 is 0 Å². The molecule has 0 aromatic heterocycles. The highest BCUT2D eigenvalue weighted by molar-refractivity contribution is 4.97. The topological polar surface area (TPSA) is 12.5 Å². The predicted octanol–water partition coefficient (Wildman–Crippen LogP) is 2.88. The summed E-state index contributed by atoms with van der Waals surface area (Å²) in [5, 5.41) is 0. The minimum atomic E-state index is -0.972. The highest BCUT2D eigenvalue weighted by atomic mass is 19.1. The predicted molar refractivity (Wildman–Crippen MR) is 61.0 cm³/mol. The fraction of sp³-hybridized carbons (Fsp3) is 1.00. The van der Waals surface area contributed by atoms with Crippen LogP contribution in [0.25, 0.3) is 0 Å². The van der Waals surface area contributed by atoms with Gasteiger partial charge in [0.15, 0.2) is 0 Å². The van der Waals surface area contributed by atoms with Crippen molar-refractivity contribution in [3.05, 3.63) is 0 Å². The van der Waals surface area contributed by atoms with Crippen LogP contribution in [-0.4, -0.2) is 36.0 Å². The number of nitrogens with zero attached hydrogens (tertiary/aromatic N) is 1. The third-order valence-corrected chi connectivity index (χ3v) is 4.28. The Hall–Kier alpha value is -0.220. The van der Waals surface area contributed by atoms with Gasteiger partial charge in [0.05, 0.1) is 6.61 Å². The molecular weight excluding hydrogens is 212 g/mol. The maximum absolute atomic E-state index is 13.7. The van der Waals surface area contributed by atoms with Crippen LogP contribution in [0, 0.1) is 0 Å². The molecule has 1 aliphatic heterocycles.